The predicted molar refractivity (Wildman–Crippen MR) is 86.5 cm³/mol. The zero-order valence-electron chi connectivity index (χ0n) is 12.0. The molecule has 0 fully saturated rings. The molecule has 1 aliphatic rings. The number of ketones is 2. The summed E-state index contributed by atoms with van der Waals surface area (Å²) in [5.74, 6) is -0.658. The Balaban J connectivity index is 2.34. The maximum atomic E-state index is 12.8. The minimum atomic E-state index is -0.241. The first-order valence-corrected chi connectivity index (χ1v) is 7.48. The van der Waals surface area contributed by atoms with E-state index in [1.165, 1.54) is 11.8 Å². The van der Waals surface area contributed by atoms with E-state index < -0.39 is 0 Å². The van der Waals surface area contributed by atoms with E-state index in [0.717, 1.165) is 0 Å². The second-order valence-electron chi connectivity index (χ2n) is 5.10. The van der Waals surface area contributed by atoms with Gasteiger partial charge in [0.05, 0.1) is 16.8 Å². The fourth-order valence-corrected chi connectivity index (χ4v) is 3.13. The van der Waals surface area contributed by atoms with Crippen LogP contribution in [0.25, 0.3) is 0 Å². The van der Waals surface area contributed by atoms with Crippen LogP contribution in [0.4, 0.5) is 5.69 Å². The Labute approximate surface area is 135 Å². The number of hydrogen-bond donors (Lipinski definition) is 0. The van der Waals surface area contributed by atoms with Gasteiger partial charge in [-0.05, 0) is 12.1 Å². The van der Waals surface area contributed by atoms with Crippen LogP contribution in [0, 0.1) is 0 Å². The second kappa shape index (κ2) is 5.18. The maximum Gasteiger partial charge on any atom is 0.223 e. The fraction of sp³-hybridized carbons (Fsp3) is 0.118. The zero-order valence-corrected chi connectivity index (χ0v) is 13.6. The molecule has 4 nitrogen and oxygen atoms in total. The average molecular weight is 358 g/mol. The number of benzene rings is 2. The van der Waals surface area contributed by atoms with E-state index in [2.05, 4.69) is 15.9 Å². The van der Waals surface area contributed by atoms with Crippen molar-refractivity contribution in [2.75, 3.05) is 11.9 Å². The molecule has 1 amide bonds. The van der Waals surface area contributed by atoms with E-state index in [1.807, 2.05) is 0 Å². The molecule has 0 saturated carbocycles. The van der Waals surface area contributed by atoms with E-state index in [-0.39, 0.29) is 23.0 Å². The van der Waals surface area contributed by atoms with Crippen molar-refractivity contribution in [3.63, 3.8) is 0 Å². The van der Waals surface area contributed by atoms with Crippen molar-refractivity contribution in [2.45, 2.75) is 6.92 Å². The molecular formula is C17H12BrNO3. The molecule has 0 unspecified atom stereocenters. The molecular weight excluding hydrogens is 346 g/mol. The van der Waals surface area contributed by atoms with Gasteiger partial charge in [-0.2, -0.15) is 0 Å². The third-order valence-corrected chi connectivity index (χ3v) is 4.50. The van der Waals surface area contributed by atoms with E-state index in [0.29, 0.717) is 26.9 Å². The smallest absolute Gasteiger partial charge is 0.223 e. The quantitative estimate of drug-likeness (QED) is 0.671. The minimum Gasteiger partial charge on any atom is -0.315 e. The van der Waals surface area contributed by atoms with Crippen LogP contribution in [0.1, 0.15) is 38.8 Å². The molecule has 0 heterocycles. The largest absolute Gasteiger partial charge is 0.315 e. The van der Waals surface area contributed by atoms with Crippen LogP contribution < -0.4 is 4.90 Å². The van der Waals surface area contributed by atoms with Gasteiger partial charge in [-0.25, -0.2) is 0 Å². The first kappa shape index (κ1) is 14.7. The lowest BCUT2D eigenvalue weighted by Crippen LogP contribution is -2.29. The Hall–Kier alpha value is -2.27. The highest BCUT2D eigenvalue weighted by Crippen LogP contribution is 2.37. The van der Waals surface area contributed by atoms with Gasteiger partial charge >= 0.3 is 0 Å². The number of carbonyl (C=O) groups is 3. The lowest BCUT2D eigenvalue weighted by atomic mass is 9.83. The number of rotatable bonds is 1. The van der Waals surface area contributed by atoms with Crippen LogP contribution in [-0.4, -0.2) is 24.5 Å². The SMILES string of the molecule is CC(=O)N(C)c1ccc(Br)c2c1C(=O)c1ccccc1C2=O. The number of amides is 1. The standard InChI is InChI=1S/C17H12BrNO3/c1-9(20)19(2)13-8-7-12(18)14-15(13)17(22)11-6-4-3-5-10(11)16(14)21/h3-8H,1-2H3. The molecule has 0 saturated heterocycles. The van der Waals surface area contributed by atoms with Gasteiger partial charge in [0.1, 0.15) is 0 Å². The summed E-state index contributed by atoms with van der Waals surface area (Å²) in [6, 6.07) is 10.1. The summed E-state index contributed by atoms with van der Waals surface area (Å²) in [7, 11) is 1.59. The Morgan fingerprint density at radius 3 is 2.05 bits per heavy atom. The molecule has 2 aromatic carbocycles. The van der Waals surface area contributed by atoms with Crippen molar-refractivity contribution in [1.82, 2.24) is 0 Å². The van der Waals surface area contributed by atoms with Gasteiger partial charge in [0, 0.05) is 29.6 Å². The van der Waals surface area contributed by atoms with E-state index >= 15 is 0 Å². The van der Waals surface area contributed by atoms with E-state index in [9.17, 15) is 14.4 Å². The van der Waals surface area contributed by atoms with Crippen molar-refractivity contribution >= 4 is 39.1 Å². The highest BCUT2D eigenvalue weighted by Gasteiger charge is 2.34. The number of halogens is 1. The maximum absolute atomic E-state index is 12.8. The molecule has 0 bridgehead atoms. The molecule has 0 spiro atoms. The highest BCUT2D eigenvalue weighted by molar-refractivity contribution is 9.10. The summed E-state index contributed by atoms with van der Waals surface area (Å²) < 4.78 is 0.552. The van der Waals surface area contributed by atoms with Crippen LogP contribution in [0.3, 0.4) is 0 Å². The van der Waals surface area contributed by atoms with E-state index in [1.54, 1.807) is 43.4 Å². The number of nitrogens with zero attached hydrogens (tertiary/aromatic N) is 1. The molecule has 3 rings (SSSR count). The van der Waals surface area contributed by atoms with E-state index in [4.69, 9.17) is 0 Å². The average Bonchev–Trinajstić information content (AvgIpc) is 2.51. The monoisotopic (exact) mass is 357 g/mol. The summed E-state index contributed by atoms with van der Waals surface area (Å²) in [6.07, 6.45) is 0. The van der Waals surface area contributed by atoms with Gasteiger partial charge in [0.15, 0.2) is 11.6 Å². The Morgan fingerprint density at radius 2 is 1.50 bits per heavy atom. The molecule has 0 radical (unpaired) electrons. The number of hydrogen-bond acceptors (Lipinski definition) is 3. The minimum absolute atomic E-state index is 0.205. The van der Waals surface area contributed by atoms with Gasteiger partial charge in [-0.3, -0.25) is 14.4 Å². The fourth-order valence-electron chi connectivity index (χ4n) is 2.62. The lowest BCUT2D eigenvalue weighted by Gasteiger charge is -2.25. The molecule has 5 heteroatoms. The Bertz CT molecular complexity index is 842. The summed E-state index contributed by atoms with van der Waals surface area (Å²) in [4.78, 5) is 38.6. The molecule has 0 aromatic heterocycles. The van der Waals surface area contributed by atoms with Gasteiger partial charge in [-0.1, -0.05) is 40.2 Å². The van der Waals surface area contributed by atoms with Gasteiger partial charge in [0.25, 0.3) is 0 Å². The Morgan fingerprint density at radius 1 is 0.955 bits per heavy atom. The van der Waals surface area contributed by atoms with Crippen molar-refractivity contribution in [3.8, 4) is 0 Å². The van der Waals surface area contributed by atoms with Gasteiger partial charge in [-0.15, -0.1) is 0 Å². The summed E-state index contributed by atoms with van der Waals surface area (Å²) in [5, 5.41) is 0. The topological polar surface area (TPSA) is 54.5 Å². The van der Waals surface area contributed by atoms with Crippen LogP contribution in [0.2, 0.25) is 0 Å². The molecule has 1 aliphatic carbocycles. The first-order chi connectivity index (χ1) is 10.4. The molecule has 0 atom stereocenters. The number of anilines is 1. The summed E-state index contributed by atoms with van der Waals surface area (Å²) in [5.41, 5.74) is 1.79. The van der Waals surface area contributed by atoms with Crippen molar-refractivity contribution in [2.24, 2.45) is 0 Å². The number of fused-ring (bicyclic) bond motifs is 2. The predicted octanol–water partition coefficient (Wildman–Crippen LogP) is 3.21. The molecule has 2 aromatic rings. The number of carbonyl (C=O) groups excluding carboxylic acids is 3. The highest BCUT2D eigenvalue weighted by atomic mass is 79.9. The van der Waals surface area contributed by atoms with Crippen LogP contribution in [0.15, 0.2) is 40.9 Å². The van der Waals surface area contributed by atoms with Crippen molar-refractivity contribution < 1.29 is 14.4 Å². The Kier molecular flexibility index (Phi) is 3.45. The zero-order chi connectivity index (χ0) is 16.0. The van der Waals surface area contributed by atoms with Crippen molar-refractivity contribution in [1.29, 1.82) is 0 Å². The third kappa shape index (κ3) is 2.01. The molecule has 0 N–H and O–H groups in total. The van der Waals surface area contributed by atoms with Crippen LogP contribution in [-0.2, 0) is 4.79 Å². The van der Waals surface area contributed by atoms with Gasteiger partial charge in [0.2, 0.25) is 5.91 Å². The van der Waals surface area contributed by atoms with Crippen LogP contribution >= 0.6 is 15.9 Å². The molecule has 0 aliphatic heterocycles. The first-order valence-electron chi connectivity index (χ1n) is 6.68. The van der Waals surface area contributed by atoms with Crippen molar-refractivity contribution in [3.05, 3.63) is 63.1 Å². The normalized spacial score (nSPS) is 12.7. The van der Waals surface area contributed by atoms with Gasteiger partial charge < -0.3 is 4.90 Å². The summed E-state index contributed by atoms with van der Waals surface area (Å²) in [6.45, 7) is 1.41. The third-order valence-electron chi connectivity index (χ3n) is 3.84. The molecule has 22 heavy (non-hydrogen) atoms. The van der Waals surface area contributed by atoms with Crippen LogP contribution in [0.5, 0.6) is 0 Å². The molecule has 110 valence electrons. The summed E-state index contributed by atoms with van der Waals surface area (Å²) >= 11 is 3.35. The second-order valence-corrected chi connectivity index (χ2v) is 5.95. The lowest BCUT2D eigenvalue weighted by molar-refractivity contribution is -0.116.